The van der Waals surface area contributed by atoms with Gasteiger partial charge in [-0.25, -0.2) is 4.98 Å². The van der Waals surface area contributed by atoms with E-state index in [-0.39, 0.29) is 23.6 Å². The molecule has 1 aliphatic rings. The molecule has 1 fully saturated rings. The Hall–Kier alpha value is -1.69. The molecule has 0 bridgehead atoms. The zero-order valence-electron chi connectivity index (χ0n) is 10.2. The molecule has 2 N–H and O–H groups in total. The summed E-state index contributed by atoms with van der Waals surface area (Å²) >= 11 is 0. The quantitative estimate of drug-likeness (QED) is 0.810. The number of H-pyrrole nitrogens is 1. The summed E-state index contributed by atoms with van der Waals surface area (Å²) in [6, 6.07) is 0. The maximum Gasteiger partial charge on any atom is 0.308 e. The Bertz CT molecular complexity index is 503. The van der Waals surface area contributed by atoms with E-state index in [2.05, 4.69) is 9.97 Å². The van der Waals surface area contributed by atoms with Crippen molar-refractivity contribution in [2.45, 2.75) is 38.7 Å². The van der Waals surface area contributed by atoms with E-state index in [1.807, 2.05) is 0 Å². The van der Waals surface area contributed by atoms with Crippen LogP contribution in [0.2, 0.25) is 0 Å². The summed E-state index contributed by atoms with van der Waals surface area (Å²) in [6.45, 7) is 2.41. The number of hydrogen-bond acceptors (Lipinski definition) is 4. The summed E-state index contributed by atoms with van der Waals surface area (Å²) in [5, 5.41) is 8.71. The topological polar surface area (TPSA) is 92.3 Å². The van der Waals surface area contributed by atoms with Gasteiger partial charge in [0.05, 0.1) is 12.5 Å². The van der Waals surface area contributed by atoms with Crippen LogP contribution in [0.4, 0.5) is 0 Å². The Balaban J connectivity index is 2.19. The third kappa shape index (κ3) is 2.95. The number of carboxylic acid groups (broad SMARTS) is 1. The maximum absolute atomic E-state index is 11.8. The molecule has 98 valence electrons. The van der Waals surface area contributed by atoms with Crippen molar-refractivity contribution in [3.05, 3.63) is 27.4 Å². The van der Waals surface area contributed by atoms with Crippen LogP contribution in [0.1, 0.15) is 29.9 Å². The standard InChI is InChI=1S/C12H16N2O4/c1-7-9(6-11(15)16)12(17)14-10(13-7)5-8-3-2-4-18-8/h8H,2-6H2,1H3,(H,15,16)(H,13,14,17). The number of ether oxygens (including phenoxy) is 1. The average molecular weight is 252 g/mol. The molecule has 18 heavy (non-hydrogen) atoms. The largest absolute Gasteiger partial charge is 0.481 e. The van der Waals surface area contributed by atoms with Crippen molar-refractivity contribution in [1.82, 2.24) is 9.97 Å². The van der Waals surface area contributed by atoms with Gasteiger partial charge in [-0.15, -0.1) is 0 Å². The molecule has 0 radical (unpaired) electrons. The van der Waals surface area contributed by atoms with Gasteiger partial charge in [-0.2, -0.15) is 0 Å². The number of rotatable bonds is 4. The first-order valence-corrected chi connectivity index (χ1v) is 5.98. The molecule has 1 unspecified atom stereocenters. The van der Waals surface area contributed by atoms with Crippen LogP contribution in [-0.4, -0.2) is 33.8 Å². The van der Waals surface area contributed by atoms with Gasteiger partial charge in [0.15, 0.2) is 0 Å². The van der Waals surface area contributed by atoms with Crippen LogP contribution in [0.3, 0.4) is 0 Å². The first-order chi connectivity index (χ1) is 8.56. The average Bonchev–Trinajstić information content (AvgIpc) is 2.76. The van der Waals surface area contributed by atoms with Gasteiger partial charge in [0.2, 0.25) is 0 Å². The number of aryl methyl sites for hydroxylation is 1. The van der Waals surface area contributed by atoms with Crippen LogP contribution in [0.25, 0.3) is 0 Å². The predicted molar refractivity (Wildman–Crippen MR) is 63.6 cm³/mol. The van der Waals surface area contributed by atoms with Crippen LogP contribution in [0, 0.1) is 6.92 Å². The highest BCUT2D eigenvalue weighted by Gasteiger charge is 2.18. The number of carboxylic acids is 1. The SMILES string of the molecule is Cc1nc(CC2CCCO2)[nH]c(=O)c1CC(=O)O. The van der Waals surface area contributed by atoms with E-state index in [4.69, 9.17) is 9.84 Å². The van der Waals surface area contributed by atoms with Crippen molar-refractivity contribution < 1.29 is 14.6 Å². The molecule has 0 aromatic carbocycles. The van der Waals surface area contributed by atoms with Gasteiger partial charge in [0, 0.05) is 24.3 Å². The van der Waals surface area contributed by atoms with Gasteiger partial charge < -0.3 is 14.8 Å². The Morgan fingerprint density at radius 3 is 2.94 bits per heavy atom. The highest BCUT2D eigenvalue weighted by atomic mass is 16.5. The number of carbonyl (C=O) groups is 1. The molecule has 6 nitrogen and oxygen atoms in total. The highest BCUT2D eigenvalue weighted by Crippen LogP contribution is 2.15. The van der Waals surface area contributed by atoms with Gasteiger partial charge in [-0.1, -0.05) is 0 Å². The van der Waals surface area contributed by atoms with Crippen molar-refractivity contribution in [1.29, 1.82) is 0 Å². The monoisotopic (exact) mass is 252 g/mol. The van der Waals surface area contributed by atoms with E-state index in [1.165, 1.54) is 0 Å². The molecular formula is C12H16N2O4. The van der Waals surface area contributed by atoms with E-state index in [9.17, 15) is 9.59 Å². The van der Waals surface area contributed by atoms with Crippen molar-refractivity contribution in [2.24, 2.45) is 0 Å². The molecule has 2 heterocycles. The van der Waals surface area contributed by atoms with E-state index in [0.29, 0.717) is 17.9 Å². The van der Waals surface area contributed by atoms with Gasteiger partial charge in [-0.05, 0) is 19.8 Å². The van der Waals surface area contributed by atoms with Crippen LogP contribution >= 0.6 is 0 Å². The van der Waals surface area contributed by atoms with Crippen LogP contribution in [-0.2, 0) is 22.4 Å². The lowest BCUT2D eigenvalue weighted by Crippen LogP contribution is -2.23. The molecule has 2 rings (SSSR count). The Morgan fingerprint density at radius 2 is 2.39 bits per heavy atom. The number of hydrogen-bond donors (Lipinski definition) is 2. The van der Waals surface area contributed by atoms with Crippen molar-refractivity contribution in [3.63, 3.8) is 0 Å². The number of aromatic amines is 1. The summed E-state index contributed by atoms with van der Waals surface area (Å²) in [5.41, 5.74) is 0.339. The second-order valence-corrected chi connectivity index (χ2v) is 4.49. The number of nitrogens with one attached hydrogen (secondary N) is 1. The van der Waals surface area contributed by atoms with Crippen LogP contribution in [0.5, 0.6) is 0 Å². The molecule has 1 aromatic heterocycles. The summed E-state index contributed by atoms with van der Waals surface area (Å²) in [6.07, 6.45) is 2.39. The molecule has 6 heteroatoms. The van der Waals surface area contributed by atoms with E-state index in [0.717, 1.165) is 19.4 Å². The predicted octanol–water partition coefficient (Wildman–Crippen LogP) is 0.427. The van der Waals surface area contributed by atoms with Crippen molar-refractivity contribution >= 4 is 5.97 Å². The molecule has 1 aliphatic heterocycles. The van der Waals surface area contributed by atoms with Crippen LogP contribution < -0.4 is 5.56 Å². The molecule has 1 saturated heterocycles. The summed E-state index contributed by atoms with van der Waals surface area (Å²) in [4.78, 5) is 29.3. The lowest BCUT2D eigenvalue weighted by molar-refractivity contribution is -0.136. The van der Waals surface area contributed by atoms with Gasteiger partial charge in [0.25, 0.3) is 5.56 Å². The summed E-state index contributed by atoms with van der Waals surface area (Å²) in [7, 11) is 0. The second-order valence-electron chi connectivity index (χ2n) is 4.49. The third-order valence-corrected chi connectivity index (χ3v) is 3.04. The summed E-state index contributed by atoms with van der Waals surface area (Å²) in [5.74, 6) is -0.462. The zero-order valence-corrected chi connectivity index (χ0v) is 10.2. The molecule has 0 amide bonds. The lowest BCUT2D eigenvalue weighted by Gasteiger charge is -2.10. The fourth-order valence-corrected chi connectivity index (χ4v) is 2.15. The fraction of sp³-hybridized carbons (Fsp3) is 0.583. The lowest BCUT2D eigenvalue weighted by atomic mass is 10.1. The van der Waals surface area contributed by atoms with Gasteiger partial charge in [0.1, 0.15) is 5.82 Å². The fourth-order valence-electron chi connectivity index (χ4n) is 2.15. The molecule has 1 aromatic rings. The first kappa shape index (κ1) is 12.8. The highest BCUT2D eigenvalue weighted by molar-refractivity contribution is 5.70. The van der Waals surface area contributed by atoms with Gasteiger partial charge >= 0.3 is 5.97 Å². The minimum absolute atomic E-state index is 0.109. The second kappa shape index (κ2) is 5.30. The smallest absolute Gasteiger partial charge is 0.308 e. The molecule has 0 aliphatic carbocycles. The van der Waals surface area contributed by atoms with Crippen LogP contribution in [0.15, 0.2) is 4.79 Å². The summed E-state index contributed by atoms with van der Waals surface area (Å²) < 4.78 is 5.48. The van der Waals surface area contributed by atoms with Crippen molar-refractivity contribution in [3.8, 4) is 0 Å². The number of aromatic nitrogens is 2. The Morgan fingerprint density at radius 1 is 1.61 bits per heavy atom. The molecule has 0 saturated carbocycles. The minimum Gasteiger partial charge on any atom is -0.481 e. The van der Waals surface area contributed by atoms with E-state index < -0.39 is 5.97 Å². The molecular weight excluding hydrogens is 236 g/mol. The minimum atomic E-state index is -1.03. The normalized spacial score (nSPS) is 19.1. The van der Waals surface area contributed by atoms with E-state index >= 15 is 0 Å². The number of nitrogens with zero attached hydrogens (tertiary/aromatic N) is 1. The third-order valence-electron chi connectivity index (χ3n) is 3.04. The molecule has 1 atom stereocenters. The zero-order chi connectivity index (χ0) is 13.1. The van der Waals surface area contributed by atoms with E-state index in [1.54, 1.807) is 6.92 Å². The maximum atomic E-state index is 11.8. The Kier molecular flexibility index (Phi) is 3.76. The number of aliphatic carboxylic acids is 1. The van der Waals surface area contributed by atoms with Gasteiger partial charge in [-0.3, -0.25) is 9.59 Å². The molecule has 0 spiro atoms. The van der Waals surface area contributed by atoms with Crippen molar-refractivity contribution in [2.75, 3.05) is 6.61 Å². The Labute approximate surface area is 104 Å². The first-order valence-electron chi connectivity index (χ1n) is 5.98.